The standard InChI is InChI=1S/C15H23N3O/c1-12-13(8-14(9-16)18(12)2)10-17-11-15(4-5-15)6-7-19-3/h8,17H,4-7,10-11H2,1-3H3. The molecule has 1 heterocycles. The Bertz CT molecular complexity index is 480. The average molecular weight is 261 g/mol. The van der Waals surface area contributed by atoms with E-state index in [-0.39, 0.29) is 0 Å². The van der Waals surface area contributed by atoms with Crippen molar-refractivity contribution in [2.75, 3.05) is 20.3 Å². The van der Waals surface area contributed by atoms with Crippen molar-refractivity contribution in [3.8, 4) is 6.07 Å². The first-order chi connectivity index (χ1) is 9.12. The number of nitrogens with zero attached hydrogens (tertiary/aromatic N) is 2. The minimum absolute atomic E-state index is 0.469. The number of ether oxygens (including phenoxy) is 1. The van der Waals surface area contributed by atoms with Gasteiger partial charge in [-0.15, -0.1) is 0 Å². The van der Waals surface area contributed by atoms with E-state index in [0.29, 0.717) is 5.41 Å². The summed E-state index contributed by atoms with van der Waals surface area (Å²) in [6, 6.07) is 4.21. The van der Waals surface area contributed by atoms with Crippen LogP contribution >= 0.6 is 0 Å². The fraction of sp³-hybridized carbons (Fsp3) is 0.667. The number of methoxy groups -OCH3 is 1. The third kappa shape index (κ3) is 3.17. The van der Waals surface area contributed by atoms with Gasteiger partial charge >= 0.3 is 0 Å². The fourth-order valence-electron chi connectivity index (χ4n) is 2.52. The molecule has 1 N–H and O–H groups in total. The van der Waals surface area contributed by atoms with Gasteiger partial charge in [0.1, 0.15) is 11.8 Å². The van der Waals surface area contributed by atoms with E-state index < -0.39 is 0 Å². The van der Waals surface area contributed by atoms with Gasteiger partial charge in [-0.25, -0.2) is 0 Å². The fourth-order valence-corrected chi connectivity index (χ4v) is 2.52. The van der Waals surface area contributed by atoms with Gasteiger partial charge in [0.15, 0.2) is 0 Å². The topological polar surface area (TPSA) is 50.0 Å². The lowest BCUT2D eigenvalue weighted by Crippen LogP contribution is -2.24. The summed E-state index contributed by atoms with van der Waals surface area (Å²) in [6.07, 6.45) is 3.76. The molecular weight excluding hydrogens is 238 g/mol. The van der Waals surface area contributed by atoms with Crippen LogP contribution in [0.5, 0.6) is 0 Å². The lowest BCUT2D eigenvalue weighted by Gasteiger charge is -2.15. The van der Waals surface area contributed by atoms with Crippen LogP contribution in [0, 0.1) is 23.7 Å². The number of nitrogens with one attached hydrogen (secondary N) is 1. The predicted molar refractivity (Wildman–Crippen MR) is 74.7 cm³/mol. The maximum absolute atomic E-state index is 9.01. The molecule has 0 bridgehead atoms. The summed E-state index contributed by atoms with van der Waals surface area (Å²) in [5.41, 5.74) is 3.60. The predicted octanol–water partition coefficient (Wildman–Crippen LogP) is 2.11. The van der Waals surface area contributed by atoms with Gasteiger partial charge in [-0.1, -0.05) is 0 Å². The summed E-state index contributed by atoms with van der Waals surface area (Å²) < 4.78 is 7.12. The highest BCUT2D eigenvalue weighted by Crippen LogP contribution is 2.48. The number of nitriles is 1. The van der Waals surface area contributed by atoms with Crippen LogP contribution in [0.4, 0.5) is 0 Å². The van der Waals surface area contributed by atoms with Gasteiger partial charge in [-0.3, -0.25) is 0 Å². The zero-order valence-corrected chi connectivity index (χ0v) is 12.1. The second-order valence-electron chi connectivity index (χ2n) is 5.66. The number of hydrogen-bond acceptors (Lipinski definition) is 3. The van der Waals surface area contributed by atoms with Crippen molar-refractivity contribution >= 4 is 0 Å². The lowest BCUT2D eigenvalue weighted by molar-refractivity contribution is 0.171. The molecule has 1 saturated carbocycles. The Balaban J connectivity index is 1.85. The Morgan fingerprint density at radius 1 is 1.53 bits per heavy atom. The third-order valence-corrected chi connectivity index (χ3v) is 4.36. The minimum atomic E-state index is 0.469. The second kappa shape index (κ2) is 5.77. The molecule has 19 heavy (non-hydrogen) atoms. The van der Waals surface area contributed by atoms with Gasteiger partial charge in [-0.05, 0) is 43.2 Å². The van der Waals surface area contributed by atoms with Crippen LogP contribution in [0.1, 0.15) is 36.2 Å². The van der Waals surface area contributed by atoms with E-state index in [9.17, 15) is 0 Å². The molecule has 1 aromatic heterocycles. The summed E-state index contributed by atoms with van der Waals surface area (Å²) in [5, 5.41) is 12.6. The summed E-state index contributed by atoms with van der Waals surface area (Å²) in [7, 11) is 3.71. The van der Waals surface area contributed by atoms with Crippen LogP contribution in [0.15, 0.2) is 6.07 Å². The molecule has 0 saturated heterocycles. The Morgan fingerprint density at radius 3 is 2.79 bits per heavy atom. The molecule has 1 fully saturated rings. The summed E-state index contributed by atoms with van der Waals surface area (Å²) in [5.74, 6) is 0. The average Bonchev–Trinajstić information content (AvgIpc) is 3.13. The first-order valence-electron chi connectivity index (χ1n) is 6.87. The van der Waals surface area contributed by atoms with Gasteiger partial charge in [0.2, 0.25) is 0 Å². The summed E-state index contributed by atoms with van der Waals surface area (Å²) in [4.78, 5) is 0. The number of hydrogen-bond donors (Lipinski definition) is 1. The smallest absolute Gasteiger partial charge is 0.120 e. The second-order valence-corrected chi connectivity index (χ2v) is 5.66. The molecule has 1 aliphatic carbocycles. The largest absolute Gasteiger partial charge is 0.385 e. The highest BCUT2D eigenvalue weighted by Gasteiger charge is 2.41. The quantitative estimate of drug-likeness (QED) is 0.818. The highest BCUT2D eigenvalue weighted by molar-refractivity contribution is 5.34. The maximum atomic E-state index is 9.01. The van der Waals surface area contributed by atoms with Crippen LogP contribution in [0.25, 0.3) is 0 Å². The molecule has 1 aromatic rings. The van der Waals surface area contributed by atoms with E-state index in [0.717, 1.165) is 31.8 Å². The zero-order valence-electron chi connectivity index (χ0n) is 12.1. The molecule has 0 radical (unpaired) electrons. The Kier molecular flexibility index (Phi) is 4.28. The Hall–Kier alpha value is -1.31. The van der Waals surface area contributed by atoms with Crippen LogP contribution in [-0.2, 0) is 18.3 Å². The normalized spacial score (nSPS) is 16.3. The van der Waals surface area contributed by atoms with Gasteiger partial charge in [0.25, 0.3) is 0 Å². The van der Waals surface area contributed by atoms with Crippen LogP contribution in [0.3, 0.4) is 0 Å². The van der Waals surface area contributed by atoms with Gasteiger partial charge in [-0.2, -0.15) is 5.26 Å². The monoisotopic (exact) mass is 261 g/mol. The Labute approximate surface area is 115 Å². The zero-order chi connectivity index (χ0) is 13.9. The Morgan fingerprint density at radius 2 is 2.26 bits per heavy atom. The minimum Gasteiger partial charge on any atom is -0.385 e. The van der Waals surface area contributed by atoms with Gasteiger partial charge in [0, 0.05) is 39.5 Å². The van der Waals surface area contributed by atoms with E-state index in [1.807, 2.05) is 17.7 Å². The molecule has 1 aliphatic rings. The molecule has 104 valence electrons. The van der Waals surface area contributed by atoms with E-state index in [4.69, 9.17) is 10.00 Å². The summed E-state index contributed by atoms with van der Waals surface area (Å²) in [6.45, 7) is 4.81. The van der Waals surface area contributed by atoms with Crippen molar-refractivity contribution in [1.29, 1.82) is 5.26 Å². The number of aromatic nitrogens is 1. The molecule has 0 spiro atoms. The van der Waals surface area contributed by atoms with Crippen molar-refractivity contribution in [3.63, 3.8) is 0 Å². The summed E-state index contributed by atoms with van der Waals surface area (Å²) >= 11 is 0. The maximum Gasteiger partial charge on any atom is 0.120 e. The van der Waals surface area contributed by atoms with Crippen molar-refractivity contribution in [1.82, 2.24) is 9.88 Å². The van der Waals surface area contributed by atoms with Crippen molar-refractivity contribution in [3.05, 3.63) is 23.0 Å². The molecule has 0 aromatic carbocycles. The van der Waals surface area contributed by atoms with Crippen LogP contribution in [0.2, 0.25) is 0 Å². The van der Waals surface area contributed by atoms with E-state index in [1.54, 1.807) is 7.11 Å². The first-order valence-corrected chi connectivity index (χ1v) is 6.87. The van der Waals surface area contributed by atoms with Crippen molar-refractivity contribution in [2.24, 2.45) is 12.5 Å². The van der Waals surface area contributed by atoms with E-state index >= 15 is 0 Å². The van der Waals surface area contributed by atoms with E-state index in [2.05, 4.69) is 18.3 Å². The highest BCUT2D eigenvalue weighted by atomic mass is 16.5. The third-order valence-electron chi connectivity index (χ3n) is 4.36. The number of rotatable bonds is 7. The first kappa shape index (κ1) is 14.1. The molecule has 4 nitrogen and oxygen atoms in total. The molecule has 0 aliphatic heterocycles. The van der Waals surface area contributed by atoms with E-state index in [1.165, 1.54) is 24.1 Å². The van der Waals surface area contributed by atoms with Crippen LogP contribution in [-0.4, -0.2) is 24.8 Å². The van der Waals surface area contributed by atoms with Crippen LogP contribution < -0.4 is 5.32 Å². The van der Waals surface area contributed by atoms with Crippen molar-refractivity contribution in [2.45, 2.75) is 32.7 Å². The van der Waals surface area contributed by atoms with Gasteiger partial charge < -0.3 is 14.6 Å². The molecule has 0 amide bonds. The molecule has 0 unspecified atom stereocenters. The molecular formula is C15H23N3O. The molecule has 2 rings (SSSR count). The van der Waals surface area contributed by atoms with Crippen molar-refractivity contribution < 1.29 is 4.74 Å². The molecule has 4 heteroatoms. The van der Waals surface area contributed by atoms with Gasteiger partial charge in [0.05, 0.1) is 0 Å². The SMILES string of the molecule is COCCC1(CNCc2cc(C#N)n(C)c2C)CC1. The lowest BCUT2D eigenvalue weighted by atomic mass is 10.0. The molecule has 0 atom stereocenters.